The van der Waals surface area contributed by atoms with Gasteiger partial charge in [-0.3, -0.25) is 9.78 Å². The van der Waals surface area contributed by atoms with Crippen LogP contribution in [0.2, 0.25) is 0 Å². The molecule has 2 heterocycles. The molecule has 1 fully saturated rings. The van der Waals surface area contributed by atoms with Gasteiger partial charge in [0.25, 0.3) is 5.91 Å². The van der Waals surface area contributed by atoms with E-state index in [9.17, 15) is 4.79 Å². The number of pyridine rings is 1. The largest absolute Gasteiger partial charge is 0.385 e. The molecule has 2 rings (SSSR count). The Morgan fingerprint density at radius 1 is 1.44 bits per heavy atom. The van der Waals surface area contributed by atoms with E-state index in [-0.39, 0.29) is 5.91 Å². The first-order chi connectivity index (χ1) is 8.61. The second kappa shape index (κ2) is 5.38. The van der Waals surface area contributed by atoms with Gasteiger partial charge in [0.2, 0.25) is 0 Å². The van der Waals surface area contributed by atoms with Crippen molar-refractivity contribution in [2.75, 3.05) is 25.0 Å². The summed E-state index contributed by atoms with van der Waals surface area (Å²) >= 11 is 0. The highest BCUT2D eigenvalue weighted by Gasteiger charge is 2.30. The Morgan fingerprint density at radius 3 is 2.72 bits per heavy atom. The smallest absolute Gasteiger partial charge is 0.272 e. The molecule has 1 saturated heterocycles. The molecule has 0 radical (unpaired) electrons. The van der Waals surface area contributed by atoms with Crippen molar-refractivity contribution in [3.8, 4) is 0 Å². The fourth-order valence-corrected chi connectivity index (χ4v) is 2.32. The molecule has 1 N–H and O–H groups in total. The highest BCUT2D eigenvalue weighted by molar-refractivity contribution is 5.93. The third-order valence-corrected chi connectivity index (χ3v) is 3.64. The van der Waals surface area contributed by atoms with Crippen LogP contribution in [0.4, 0.5) is 5.69 Å². The number of carbonyl (C=O) groups is 1. The van der Waals surface area contributed by atoms with Crippen LogP contribution >= 0.6 is 0 Å². The number of aromatic nitrogens is 1. The maximum absolute atomic E-state index is 12.3. The maximum atomic E-state index is 12.3. The lowest BCUT2D eigenvalue weighted by atomic mass is 10.0. The lowest BCUT2D eigenvalue weighted by Crippen LogP contribution is -2.29. The van der Waals surface area contributed by atoms with Crippen LogP contribution in [0.5, 0.6) is 0 Å². The van der Waals surface area contributed by atoms with E-state index in [2.05, 4.69) is 24.1 Å². The van der Waals surface area contributed by atoms with E-state index >= 15 is 0 Å². The Balaban J connectivity index is 2.11. The van der Waals surface area contributed by atoms with E-state index in [0.717, 1.165) is 25.3 Å². The summed E-state index contributed by atoms with van der Waals surface area (Å²) < 4.78 is 0. The van der Waals surface area contributed by atoms with Gasteiger partial charge in [0.05, 0.1) is 0 Å². The van der Waals surface area contributed by atoms with Crippen LogP contribution in [0.15, 0.2) is 18.3 Å². The minimum Gasteiger partial charge on any atom is -0.385 e. The van der Waals surface area contributed by atoms with Crippen molar-refractivity contribution in [2.45, 2.75) is 20.8 Å². The quantitative estimate of drug-likeness (QED) is 0.891. The van der Waals surface area contributed by atoms with Gasteiger partial charge in [0.1, 0.15) is 5.69 Å². The van der Waals surface area contributed by atoms with Gasteiger partial charge in [0, 0.05) is 31.5 Å². The molecule has 2 unspecified atom stereocenters. The third-order valence-electron chi connectivity index (χ3n) is 3.64. The summed E-state index contributed by atoms with van der Waals surface area (Å²) in [6.07, 6.45) is 1.69. The molecule has 2 atom stereocenters. The number of hydrogen-bond donors (Lipinski definition) is 1. The van der Waals surface area contributed by atoms with Gasteiger partial charge in [-0.05, 0) is 30.9 Å². The van der Waals surface area contributed by atoms with E-state index in [0.29, 0.717) is 17.5 Å². The topological polar surface area (TPSA) is 45.2 Å². The molecule has 1 aliphatic heterocycles. The lowest BCUT2D eigenvalue weighted by molar-refractivity contribution is 0.0779. The molecule has 98 valence electrons. The van der Waals surface area contributed by atoms with Crippen LogP contribution in [0.1, 0.15) is 31.3 Å². The summed E-state index contributed by atoms with van der Waals surface area (Å²) in [5, 5.41) is 3.20. The number of rotatable bonds is 3. The zero-order chi connectivity index (χ0) is 13.1. The van der Waals surface area contributed by atoms with Gasteiger partial charge < -0.3 is 10.2 Å². The first kappa shape index (κ1) is 12.9. The van der Waals surface area contributed by atoms with Gasteiger partial charge in [-0.25, -0.2) is 0 Å². The fraction of sp³-hybridized carbons (Fsp3) is 0.571. The molecule has 4 nitrogen and oxygen atoms in total. The van der Waals surface area contributed by atoms with Crippen molar-refractivity contribution < 1.29 is 4.79 Å². The van der Waals surface area contributed by atoms with E-state index < -0.39 is 0 Å². The monoisotopic (exact) mass is 247 g/mol. The number of hydrogen-bond acceptors (Lipinski definition) is 3. The first-order valence-corrected chi connectivity index (χ1v) is 6.61. The molecule has 0 saturated carbocycles. The zero-order valence-electron chi connectivity index (χ0n) is 11.3. The molecule has 0 spiro atoms. The predicted octanol–water partition coefficient (Wildman–Crippen LogP) is 2.24. The van der Waals surface area contributed by atoms with Crippen LogP contribution in [-0.4, -0.2) is 35.4 Å². The summed E-state index contributed by atoms with van der Waals surface area (Å²) in [4.78, 5) is 18.4. The second-order valence-corrected chi connectivity index (χ2v) is 5.12. The van der Waals surface area contributed by atoms with Crippen LogP contribution < -0.4 is 5.32 Å². The third kappa shape index (κ3) is 2.63. The number of likely N-dealkylation sites (tertiary alicyclic amines) is 1. The summed E-state index contributed by atoms with van der Waals surface area (Å²) in [5.41, 5.74) is 1.49. The second-order valence-electron chi connectivity index (χ2n) is 5.12. The standard InChI is InChI=1S/C14H21N3O/c1-4-15-12-5-6-16-13(7-12)14(18)17-8-10(2)11(3)9-17/h5-7,10-11H,4,8-9H2,1-3H3,(H,15,16). The van der Waals surface area contributed by atoms with Crippen molar-refractivity contribution in [3.63, 3.8) is 0 Å². The fourth-order valence-electron chi connectivity index (χ4n) is 2.32. The number of amides is 1. The molecular formula is C14H21N3O. The average Bonchev–Trinajstić information content (AvgIpc) is 2.69. The van der Waals surface area contributed by atoms with E-state index in [4.69, 9.17) is 0 Å². The summed E-state index contributed by atoms with van der Waals surface area (Å²) in [6.45, 7) is 8.95. The van der Waals surface area contributed by atoms with Crippen LogP contribution in [-0.2, 0) is 0 Å². The molecule has 0 bridgehead atoms. The SMILES string of the molecule is CCNc1ccnc(C(=O)N2CC(C)C(C)C2)c1. The molecule has 1 amide bonds. The van der Waals surface area contributed by atoms with Crippen LogP contribution in [0.3, 0.4) is 0 Å². The van der Waals surface area contributed by atoms with E-state index in [1.807, 2.05) is 24.0 Å². The minimum absolute atomic E-state index is 0.0472. The van der Waals surface area contributed by atoms with Crippen molar-refractivity contribution in [1.82, 2.24) is 9.88 Å². The molecule has 1 aromatic rings. The van der Waals surface area contributed by atoms with Crippen molar-refractivity contribution >= 4 is 11.6 Å². The van der Waals surface area contributed by atoms with Gasteiger partial charge in [0.15, 0.2) is 0 Å². The molecule has 1 aromatic heterocycles. The van der Waals surface area contributed by atoms with Gasteiger partial charge >= 0.3 is 0 Å². The molecule has 0 aliphatic carbocycles. The summed E-state index contributed by atoms with van der Waals surface area (Å²) in [7, 11) is 0. The Hall–Kier alpha value is -1.58. The number of anilines is 1. The molecule has 4 heteroatoms. The maximum Gasteiger partial charge on any atom is 0.272 e. The molecule has 18 heavy (non-hydrogen) atoms. The van der Waals surface area contributed by atoms with Crippen LogP contribution in [0, 0.1) is 11.8 Å². The molecule has 1 aliphatic rings. The van der Waals surface area contributed by atoms with E-state index in [1.165, 1.54) is 0 Å². The predicted molar refractivity (Wildman–Crippen MR) is 72.6 cm³/mol. The lowest BCUT2D eigenvalue weighted by Gasteiger charge is -2.15. The van der Waals surface area contributed by atoms with Crippen LogP contribution in [0.25, 0.3) is 0 Å². The Morgan fingerprint density at radius 2 is 2.11 bits per heavy atom. The minimum atomic E-state index is 0.0472. The number of nitrogens with zero attached hydrogens (tertiary/aromatic N) is 2. The first-order valence-electron chi connectivity index (χ1n) is 6.61. The number of nitrogens with one attached hydrogen (secondary N) is 1. The van der Waals surface area contributed by atoms with Gasteiger partial charge in [-0.15, -0.1) is 0 Å². The van der Waals surface area contributed by atoms with E-state index in [1.54, 1.807) is 6.20 Å². The molecule has 0 aromatic carbocycles. The Labute approximate surface area is 108 Å². The number of carbonyl (C=O) groups excluding carboxylic acids is 1. The van der Waals surface area contributed by atoms with Crippen molar-refractivity contribution in [2.24, 2.45) is 11.8 Å². The zero-order valence-corrected chi connectivity index (χ0v) is 11.3. The normalized spacial score (nSPS) is 23.2. The highest BCUT2D eigenvalue weighted by Crippen LogP contribution is 2.23. The summed E-state index contributed by atoms with van der Waals surface area (Å²) in [5.74, 6) is 1.20. The van der Waals surface area contributed by atoms with Gasteiger partial charge in [-0.2, -0.15) is 0 Å². The Kier molecular flexibility index (Phi) is 3.84. The average molecular weight is 247 g/mol. The van der Waals surface area contributed by atoms with Crippen molar-refractivity contribution in [3.05, 3.63) is 24.0 Å². The summed E-state index contributed by atoms with van der Waals surface area (Å²) in [6, 6.07) is 3.72. The molecular weight excluding hydrogens is 226 g/mol. The van der Waals surface area contributed by atoms with Gasteiger partial charge in [-0.1, -0.05) is 13.8 Å². The van der Waals surface area contributed by atoms with Crippen molar-refractivity contribution in [1.29, 1.82) is 0 Å². The Bertz CT molecular complexity index is 423. The highest BCUT2D eigenvalue weighted by atomic mass is 16.2.